The summed E-state index contributed by atoms with van der Waals surface area (Å²) in [5.74, 6) is -1.36. The quantitative estimate of drug-likeness (QED) is 0.887. The molecule has 0 aromatic heterocycles. The summed E-state index contributed by atoms with van der Waals surface area (Å²) < 4.78 is 28.1. The van der Waals surface area contributed by atoms with Crippen molar-refractivity contribution < 1.29 is 8.78 Å². The zero-order valence-electron chi connectivity index (χ0n) is 12.8. The minimum atomic E-state index is -0.695. The molecule has 1 aromatic rings. The third kappa shape index (κ3) is 4.38. The van der Waals surface area contributed by atoms with Crippen LogP contribution in [-0.2, 0) is 0 Å². The SMILES string of the molecule is CCCC[C@H](c1ccc(C)c(F)c1F)N1CCNCC1.Cl. The number of nitrogens with one attached hydrogen (secondary N) is 1. The lowest BCUT2D eigenvalue weighted by Crippen LogP contribution is -2.45. The number of halogens is 3. The Morgan fingerprint density at radius 2 is 1.86 bits per heavy atom. The summed E-state index contributed by atoms with van der Waals surface area (Å²) in [6, 6.07) is 3.44. The molecule has 2 rings (SSSR count). The number of piperazine rings is 1. The molecule has 2 nitrogen and oxygen atoms in total. The molecule has 1 fully saturated rings. The second-order valence-electron chi connectivity index (χ2n) is 5.54. The van der Waals surface area contributed by atoms with E-state index >= 15 is 0 Å². The molecule has 0 saturated carbocycles. The summed E-state index contributed by atoms with van der Waals surface area (Å²) in [4.78, 5) is 2.28. The Balaban J connectivity index is 0.00000220. The number of unbranched alkanes of at least 4 members (excludes halogenated alkanes) is 1. The molecule has 0 unspecified atom stereocenters. The molecule has 0 aliphatic carbocycles. The first-order valence-electron chi connectivity index (χ1n) is 7.54. The van der Waals surface area contributed by atoms with Crippen LogP contribution in [-0.4, -0.2) is 31.1 Å². The lowest BCUT2D eigenvalue weighted by Gasteiger charge is -2.35. The van der Waals surface area contributed by atoms with Gasteiger partial charge >= 0.3 is 0 Å². The van der Waals surface area contributed by atoms with E-state index in [1.807, 2.05) is 0 Å². The molecule has 21 heavy (non-hydrogen) atoms. The van der Waals surface area contributed by atoms with Crippen molar-refractivity contribution in [2.75, 3.05) is 26.2 Å². The second-order valence-corrected chi connectivity index (χ2v) is 5.54. The van der Waals surface area contributed by atoms with Crippen LogP contribution in [0.2, 0.25) is 0 Å². The highest BCUT2D eigenvalue weighted by Gasteiger charge is 2.25. The summed E-state index contributed by atoms with van der Waals surface area (Å²) in [7, 11) is 0. The van der Waals surface area contributed by atoms with Crippen LogP contribution in [0.4, 0.5) is 8.78 Å². The summed E-state index contributed by atoms with van der Waals surface area (Å²) in [6.07, 6.45) is 2.98. The first-order valence-corrected chi connectivity index (χ1v) is 7.54. The molecule has 1 saturated heterocycles. The predicted octanol–water partition coefficient (Wildman–Crippen LogP) is 3.83. The molecule has 1 N–H and O–H groups in total. The van der Waals surface area contributed by atoms with Crippen LogP contribution in [0.25, 0.3) is 0 Å². The average molecular weight is 319 g/mol. The second kappa shape index (κ2) is 8.66. The van der Waals surface area contributed by atoms with E-state index in [1.54, 1.807) is 19.1 Å². The fraction of sp³-hybridized carbons (Fsp3) is 0.625. The Bertz CT molecular complexity index is 448. The van der Waals surface area contributed by atoms with Gasteiger partial charge in [0.15, 0.2) is 11.6 Å². The van der Waals surface area contributed by atoms with Crippen molar-refractivity contribution in [1.29, 1.82) is 0 Å². The van der Waals surface area contributed by atoms with Crippen LogP contribution in [0.1, 0.15) is 43.4 Å². The van der Waals surface area contributed by atoms with Gasteiger partial charge in [-0.1, -0.05) is 31.9 Å². The van der Waals surface area contributed by atoms with E-state index in [2.05, 4.69) is 17.1 Å². The number of hydrogen-bond donors (Lipinski definition) is 1. The maximum absolute atomic E-state index is 14.3. The van der Waals surface area contributed by atoms with Crippen molar-refractivity contribution in [3.63, 3.8) is 0 Å². The molecule has 0 radical (unpaired) electrons. The summed E-state index contributed by atoms with van der Waals surface area (Å²) in [6.45, 7) is 7.35. The molecule has 1 aromatic carbocycles. The highest BCUT2D eigenvalue weighted by atomic mass is 35.5. The topological polar surface area (TPSA) is 15.3 Å². The molecule has 1 aliphatic heterocycles. The van der Waals surface area contributed by atoms with Gasteiger partial charge in [-0.15, -0.1) is 12.4 Å². The molecule has 0 spiro atoms. The van der Waals surface area contributed by atoms with Gasteiger partial charge in [0.25, 0.3) is 0 Å². The Labute approximate surface area is 132 Å². The van der Waals surface area contributed by atoms with Crippen LogP contribution >= 0.6 is 12.4 Å². The molecule has 0 bridgehead atoms. The fourth-order valence-corrected chi connectivity index (χ4v) is 2.84. The van der Waals surface area contributed by atoms with Crippen LogP contribution in [0.15, 0.2) is 12.1 Å². The van der Waals surface area contributed by atoms with Crippen molar-refractivity contribution in [2.45, 2.75) is 39.2 Å². The summed E-state index contributed by atoms with van der Waals surface area (Å²) in [5.41, 5.74) is 0.893. The van der Waals surface area contributed by atoms with E-state index in [0.29, 0.717) is 11.1 Å². The lowest BCUT2D eigenvalue weighted by molar-refractivity contribution is 0.159. The van der Waals surface area contributed by atoms with E-state index in [9.17, 15) is 8.78 Å². The highest BCUT2D eigenvalue weighted by molar-refractivity contribution is 5.85. The normalized spacial score (nSPS) is 17.3. The zero-order valence-corrected chi connectivity index (χ0v) is 13.6. The van der Waals surface area contributed by atoms with Gasteiger partial charge in [-0.25, -0.2) is 8.78 Å². The first kappa shape index (κ1) is 18.3. The minimum absolute atomic E-state index is 0. The van der Waals surface area contributed by atoms with Crippen molar-refractivity contribution in [3.8, 4) is 0 Å². The average Bonchev–Trinajstić information content (AvgIpc) is 2.48. The number of aryl methyl sites for hydroxylation is 1. The smallest absolute Gasteiger partial charge is 0.163 e. The maximum Gasteiger partial charge on any atom is 0.163 e. The largest absolute Gasteiger partial charge is 0.314 e. The van der Waals surface area contributed by atoms with Gasteiger partial charge in [-0.05, 0) is 18.9 Å². The predicted molar refractivity (Wildman–Crippen MR) is 85.1 cm³/mol. The van der Waals surface area contributed by atoms with Gasteiger partial charge in [0.2, 0.25) is 0 Å². The van der Waals surface area contributed by atoms with Crippen molar-refractivity contribution in [1.82, 2.24) is 10.2 Å². The highest BCUT2D eigenvalue weighted by Crippen LogP contribution is 2.30. The molecule has 1 aliphatic rings. The van der Waals surface area contributed by atoms with Crippen LogP contribution in [0.3, 0.4) is 0 Å². The molecular formula is C16H25ClF2N2. The molecular weight excluding hydrogens is 294 g/mol. The van der Waals surface area contributed by atoms with Gasteiger partial charge in [0.1, 0.15) is 0 Å². The molecule has 0 amide bonds. The monoisotopic (exact) mass is 318 g/mol. The number of nitrogens with zero attached hydrogens (tertiary/aromatic N) is 1. The van der Waals surface area contributed by atoms with Crippen LogP contribution < -0.4 is 5.32 Å². The van der Waals surface area contributed by atoms with Gasteiger partial charge in [-0.3, -0.25) is 4.90 Å². The van der Waals surface area contributed by atoms with Gasteiger partial charge in [-0.2, -0.15) is 0 Å². The molecule has 120 valence electrons. The molecule has 1 atom stereocenters. The van der Waals surface area contributed by atoms with Gasteiger partial charge in [0, 0.05) is 37.8 Å². The Hall–Kier alpha value is -0.710. The van der Waals surface area contributed by atoms with E-state index < -0.39 is 11.6 Å². The van der Waals surface area contributed by atoms with Crippen molar-refractivity contribution in [2.24, 2.45) is 0 Å². The minimum Gasteiger partial charge on any atom is -0.314 e. The van der Waals surface area contributed by atoms with E-state index in [0.717, 1.165) is 45.4 Å². The summed E-state index contributed by atoms with van der Waals surface area (Å²) >= 11 is 0. The van der Waals surface area contributed by atoms with Crippen LogP contribution in [0.5, 0.6) is 0 Å². The van der Waals surface area contributed by atoms with E-state index in [4.69, 9.17) is 0 Å². The van der Waals surface area contributed by atoms with Gasteiger partial charge in [0.05, 0.1) is 0 Å². The van der Waals surface area contributed by atoms with Crippen molar-refractivity contribution >= 4 is 12.4 Å². The molecule has 5 heteroatoms. The van der Waals surface area contributed by atoms with Crippen molar-refractivity contribution in [3.05, 3.63) is 34.9 Å². The van der Waals surface area contributed by atoms with E-state index in [1.165, 1.54) is 0 Å². The standard InChI is InChI=1S/C16H24F2N2.ClH/c1-3-4-5-14(20-10-8-19-9-11-20)13-7-6-12(2)15(17)16(13)18;/h6-7,14,19H,3-5,8-11H2,1-2H3;1H/t14-;/m1./s1. The third-order valence-electron chi connectivity index (χ3n) is 4.09. The number of hydrogen-bond acceptors (Lipinski definition) is 2. The third-order valence-corrected chi connectivity index (χ3v) is 4.09. The Kier molecular flexibility index (Phi) is 7.57. The Morgan fingerprint density at radius 3 is 2.48 bits per heavy atom. The Morgan fingerprint density at radius 1 is 1.19 bits per heavy atom. The molecule has 1 heterocycles. The maximum atomic E-state index is 14.3. The van der Waals surface area contributed by atoms with Crippen LogP contribution in [0, 0.1) is 18.6 Å². The first-order chi connectivity index (χ1) is 9.65. The number of rotatable bonds is 5. The lowest BCUT2D eigenvalue weighted by atomic mass is 9.97. The van der Waals surface area contributed by atoms with E-state index in [-0.39, 0.29) is 18.4 Å². The number of benzene rings is 1. The van der Waals surface area contributed by atoms with Gasteiger partial charge < -0.3 is 5.32 Å². The fourth-order valence-electron chi connectivity index (χ4n) is 2.84. The zero-order chi connectivity index (χ0) is 14.5. The summed E-state index contributed by atoms with van der Waals surface area (Å²) in [5, 5.41) is 3.30.